The van der Waals surface area contributed by atoms with Crippen LogP contribution >= 0.6 is 45.8 Å². The van der Waals surface area contributed by atoms with Crippen molar-refractivity contribution in [1.29, 1.82) is 0 Å². The highest BCUT2D eigenvalue weighted by atomic mass is 127. The van der Waals surface area contributed by atoms with Gasteiger partial charge in [0.15, 0.2) is 0 Å². The van der Waals surface area contributed by atoms with E-state index in [1.165, 1.54) is 9.13 Å². The van der Waals surface area contributed by atoms with Crippen LogP contribution in [0.3, 0.4) is 0 Å². The quantitative estimate of drug-likeness (QED) is 0.733. The van der Waals surface area contributed by atoms with Crippen molar-refractivity contribution in [3.8, 4) is 0 Å². The molecule has 1 atom stereocenters. The fourth-order valence-electron chi connectivity index (χ4n) is 1.89. The molecule has 1 unspecified atom stereocenters. The summed E-state index contributed by atoms with van der Waals surface area (Å²) in [6, 6.07) is 14.1. The molecule has 2 aromatic rings. The molecule has 0 fully saturated rings. The molecule has 0 bridgehead atoms. The summed E-state index contributed by atoms with van der Waals surface area (Å²) < 4.78 is 1.22. The van der Waals surface area contributed by atoms with Crippen molar-refractivity contribution in [3.63, 3.8) is 0 Å². The molecule has 2 aromatic carbocycles. The van der Waals surface area contributed by atoms with Crippen molar-refractivity contribution in [3.05, 3.63) is 67.2 Å². The lowest BCUT2D eigenvalue weighted by atomic mass is 9.99. The lowest BCUT2D eigenvalue weighted by Crippen LogP contribution is -2.18. The van der Waals surface area contributed by atoms with Crippen LogP contribution in [0.25, 0.3) is 0 Å². The lowest BCUT2D eigenvalue weighted by molar-refractivity contribution is 0.692. The first-order chi connectivity index (χ1) is 8.61. The standard InChI is InChI=1S/C14H12Cl2IN/c1-18-14(9-2-5-11(17)6-3-9)12-7-4-10(15)8-13(12)16/h2-8,14,18H,1H3. The van der Waals surface area contributed by atoms with Crippen molar-refractivity contribution in [2.75, 3.05) is 7.05 Å². The maximum absolute atomic E-state index is 6.26. The van der Waals surface area contributed by atoms with Gasteiger partial charge in [-0.3, -0.25) is 0 Å². The Labute approximate surface area is 131 Å². The smallest absolute Gasteiger partial charge is 0.0589 e. The Morgan fingerprint density at radius 3 is 2.28 bits per heavy atom. The topological polar surface area (TPSA) is 12.0 Å². The SMILES string of the molecule is CNC(c1ccc(I)cc1)c1ccc(Cl)cc1Cl. The second kappa shape index (κ2) is 6.24. The van der Waals surface area contributed by atoms with Crippen LogP contribution in [0.1, 0.15) is 17.2 Å². The highest BCUT2D eigenvalue weighted by molar-refractivity contribution is 14.1. The van der Waals surface area contributed by atoms with Gasteiger partial charge in [-0.1, -0.05) is 41.4 Å². The normalized spacial score (nSPS) is 12.4. The molecule has 0 heterocycles. The molecule has 0 aliphatic rings. The molecule has 0 aromatic heterocycles. The van der Waals surface area contributed by atoms with E-state index in [4.69, 9.17) is 23.2 Å². The Hall–Kier alpha value is -0.290. The number of halogens is 3. The molecule has 0 saturated heterocycles. The first-order valence-electron chi connectivity index (χ1n) is 5.49. The third kappa shape index (κ3) is 3.18. The molecular weight excluding hydrogens is 380 g/mol. The lowest BCUT2D eigenvalue weighted by Gasteiger charge is -2.18. The third-order valence-electron chi connectivity index (χ3n) is 2.77. The van der Waals surface area contributed by atoms with E-state index in [1.54, 1.807) is 6.07 Å². The first-order valence-corrected chi connectivity index (χ1v) is 7.33. The Bertz CT molecular complexity index is 540. The molecule has 1 nitrogen and oxygen atoms in total. The van der Waals surface area contributed by atoms with Crippen molar-refractivity contribution in [2.24, 2.45) is 0 Å². The summed E-state index contributed by atoms with van der Waals surface area (Å²) in [7, 11) is 1.92. The predicted molar refractivity (Wildman–Crippen MR) is 86.5 cm³/mol. The maximum Gasteiger partial charge on any atom is 0.0589 e. The van der Waals surface area contributed by atoms with Crippen LogP contribution in [0.15, 0.2) is 42.5 Å². The van der Waals surface area contributed by atoms with Crippen molar-refractivity contribution in [1.82, 2.24) is 5.32 Å². The molecule has 0 spiro atoms. The van der Waals surface area contributed by atoms with E-state index < -0.39 is 0 Å². The second-order valence-electron chi connectivity index (χ2n) is 3.94. The van der Waals surface area contributed by atoms with Crippen molar-refractivity contribution < 1.29 is 0 Å². The van der Waals surface area contributed by atoms with Gasteiger partial charge in [-0.2, -0.15) is 0 Å². The Morgan fingerprint density at radius 2 is 1.72 bits per heavy atom. The predicted octanol–water partition coefficient (Wildman–Crippen LogP) is 4.91. The second-order valence-corrected chi connectivity index (χ2v) is 6.03. The van der Waals surface area contributed by atoms with Crippen molar-refractivity contribution in [2.45, 2.75) is 6.04 Å². The molecule has 1 N–H and O–H groups in total. The van der Waals surface area contributed by atoms with E-state index in [2.05, 4.69) is 52.2 Å². The van der Waals surface area contributed by atoms with Crippen LogP contribution < -0.4 is 5.32 Å². The average molecular weight is 392 g/mol. The Kier molecular flexibility index (Phi) is 4.90. The van der Waals surface area contributed by atoms with Gasteiger partial charge in [-0.05, 0) is 65.0 Å². The molecule has 18 heavy (non-hydrogen) atoms. The minimum atomic E-state index is 0.0757. The Morgan fingerprint density at radius 1 is 1.06 bits per heavy atom. The number of hydrogen-bond acceptors (Lipinski definition) is 1. The first kappa shape index (κ1) is 14.1. The van der Waals surface area contributed by atoms with Gasteiger partial charge in [-0.15, -0.1) is 0 Å². The summed E-state index contributed by atoms with van der Waals surface area (Å²) >= 11 is 14.5. The summed E-state index contributed by atoms with van der Waals surface area (Å²) in [4.78, 5) is 0. The molecule has 0 amide bonds. The highest BCUT2D eigenvalue weighted by Crippen LogP contribution is 2.30. The summed E-state index contributed by atoms with van der Waals surface area (Å²) in [6.07, 6.45) is 0. The summed E-state index contributed by atoms with van der Waals surface area (Å²) in [5, 5.41) is 4.62. The van der Waals surface area contributed by atoms with Gasteiger partial charge in [0.2, 0.25) is 0 Å². The maximum atomic E-state index is 6.26. The fourth-order valence-corrected chi connectivity index (χ4v) is 2.77. The zero-order valence-electron chi connectivity index (χ0n) is 9.75. The average Bonchev–Trinajstić information content (AvgIpc) is 2.35. The number of nitrogens with one attached hydrogen (secondary N) is 1. The van der Waals surface area contributed by atoms with E-state index in [1.807, 2.05) is 19.2 Å². The van der Waals surface area contributed by atoms with Gasteiger partial charge < -0.3 is 5.32 Å². The van der Waals surface area contributed by atoms with E-state index >= 15 is 0 Å². The van der Waals surface area contributed by atoms with E-state index in [0.29, 0.717) is 10.0 Å². The van der Waals surface area contributed by atoms with Gasteiger partial charge in [0.1, 0.15) is 0 Å². The van der Waals surface area contributed by atoms with Crippen LogP contribution in [-0.4, -0.2) is 7.05 Å². The van der Waals surface area contributed by atoms with Crippen LogP contribution in [0.2, 0.25) is 10.0 Å². The van der Waals surface area contributed by atoms with Crippen LogP contribution in [0, 0.1) is 3.57 Å². The number of hydrogen-bond donors (Lipinski definition) is 1. The number of benzene rings is 2. The molecule has 0 aliphatic heterocycles. The van der Waals surface area contributed by atoms with Gasteiger partial charge >= 0.3 is 0 Å². The Balaban J connectivity index is 2.41. The van der Waals surface area contributed by atoms with Gasteiger partial charge in [0.05, 0.1) is 6.04 Å². The molecule has 0 aliphatic carbocycles. The van der Waals surface area contributed by atoms with Crippen molar-refractivity contribution >= 4 is 45.8 Å². The molecule has 4 heteroatoms. The minimum absolute atomic E-state index is 0.0757. The van der Waals surface area contributed by atoms with Gasteiger partial charge in [-0.25, -0.2) is 0 Å². The summed E-state index contributed by atoms with van der Waals surface area (Å²) in [6.45, 7) is 0. The molecule has 2 rings (SSSR count). The largest absolute Gasteiger partial charge is 0.309 e. The number of rotatable bonds is 3. The van der Waals surface area contributed by atoms with Crippen LogP contribution in [-0.2, 0) is 0 Å². The molecular formula is C14H12Cl2IN. The van der Waals surface area contributed by atoms with Gasteiger partial charge in [0.25, 0.3) is 0 Å². The monoisotopic (exact) mass is 391 g/mol. The van der Waals surface area contributed by atoms with E-state index in [0.717, 1.165) is 5.56 Å². The third-order valence-corrected chi connectivity index (χ3v) is 4.05. The highest BCUT2D eigenvalue weighted by Gasteiger charge is 2.15. The summed E-state index contributed by atoms with van der Waals surface area (Å²) in [5.41, 5.74) is 2.21. The van der Waals surface area contributed by atoms with E-state index in [9.17, 15) is 0 Å². The summed E-state index contributed by atoms with van der Waals surface area (Å²) in [5.74, 6) is 0. The minimum Gasteiger partial charge on any atom is -0.309 e. The van der Waals surface area contributed by atoms with E-state index in [-0.39, 0.29) is 6.04 Å². The van der Waals surface area contributed by atoms with Crippen LogP contribution in [0.5, 0.6) is 0 Å². The molecule has 0 saturated carbocycles. The van der Waals surface area contributed by atoms with Crippen LogP contribution in [0.4, 0.5) is 0 Å². The molecule has 0 radical (unpaired) electrons. The van der Waals surface area contributed by atoms with Gasteiger partial charge in [0, 0.05) is 13.6 Å². The zero-order chi connectivity index (χ0) is 13.1. The molecule has 94 valence electrons. The fraction of sp³-hybridized carbons (Fsp3) is 0.143. The zero-order valence-corrected chi connectivity index (χ0v) is 13.4.